The van der Waals surface area contributed by atoms with E-state index in [1.54, 1.807) is 6.07 Å². The van der Waals surface area contributed by atoms with Crippen LogP contribution in [0, 0.1) is 13.8 Å². The molecule has 3 rings (SSSR count). The minimum Gasteiger partial charge on any atom is -0.340 e. The second-order valence-electron chi connectivity index (χ2n) is 5.65. The zero-order chi connectivity index (χ0) is 17.8. The highest BCUT2D eigenvalue weighted by Crippen LogP contribution is 2.25. The Hall–Kier alpha value is -2.92. The summed E-state index contributed by atoms with van der Waals surface area (Å²) >= 11 is 6.13. The fourth-order valence-corrected chi connectivity index (χ4v) is 2.52. The lowest BCUT2D eigenvalue weighted by Crippen LogP contribution is -2.14. The number of anilines is 3. The number of carbonyl (C=O) groups is 1. The summed E-state index contributed by atoms with van der Waals surface area (Å²) in [6.07, 6.45) is 1.35. The van der Waals surface area contributed by atoms with Gasteiger partial charge in [-0.3, -0.25) is 4.79 Å². The van der Waals surface area contributed by atoms with E-state index in [0.29, 0.717) is 10.8 Å². The Morgan fingerprint density at radius 1 is 1.04 bits per heavy atom. The zero-order valence-electron chi connectivity index (χ0n) is 13.9. The minimum absolute atomic E-state index is 0.277. The first-order chi connectivity index (χ1) is 12.0. The minimum atomic E-state index is -0.293. The average Bonchev–Trinajstić information content (AvgIpc) is 2.59. The molecule has 0 saturated heterocycles. The molecule has 0 fully saturated rings. The van der Waals surface area contributed by atoms with Gasteiger partial charge in [-0.15, -0.1) is 0 Å². The summed E-state index contributed by atoms with van der Waals surface area (Å²) in [5.41, 5.74) is 3.81. The number of carbonyl (C=O) groups excluding carboxylic acids is 1. The Morgan fingerprint density at radius 3 is 2.64 bits per heavy atom. The Kier molecular flexibility index (Phi) is 4.95. The number of nitrogens with zero attached hydrogens (tertiary/aromatic N) is 2. The molecule has 6 heteroatoms. The molecule has 0 spiro atoms. The number of aromatic nitrogens is 2. The molecule has 0 unspecified atom stereocenters. The molecule has 1 amide bonds. The normalized spacial score (nSPS) is 10.4. The van der Waals surface area contributed by atoms with E-state index in [0.717, 1.165) is 22.5 Å². The third-order valence-electron chi connectivity index (χ3n) is 3.71. The van der Waals surface area contributed by atoms with E-state index in [1.807, 2.05) is 56.3 Å². The van der Waals surface area contributed by atoms with Crippen LogP contribution in [0.25, 0.3) is 0 Å². The summed E-state index contributed by atoms with van der Waals surface area (Å²) in [5, 5.41) is 6.66. The molecular formula is C19H17ClN4O. The number of hydrogen-bond donors (Lipinski definition) is 2. The molecule has 3 aromatic rings. The SMILES string of the molecule is Cc1cccc(NC(=O)c2cc(Nc3cccc(Cl)c3C)ncn2)c1. The zero-order valence-corrected chi connectivity index (χ0v) is 14.6. The molecule has 126 valence electrons. The number of hydrogen-bond acceptors (Lipinski definition) is 4. The summed E-state index contributed by atoms with van der Waals surface area (Å²) in [6, 6.07) is 14.8. The van der Waals surface area contributed by atoms with E-state index in [1.165, 1.54) is 6.33 Å². The highest BCUT2D eigenvalue weighted by Gasteiger charge is 2.10. The van der Waals surface area contributed by atoms with E-state index in [-0.39, 0.29) is 11.6 Å². The lowest BCUT2D eigenvalue weighted by molar-refractivity contribution is 0.102. The predicted octanol–water partition coefficient (Wildman–Crippen LogP) is 4.74. The third kappa shape index (κ3) is 4.14. The molecule has 1 heterocycles. The number of rotatable bonds is 4. The van der Waals surface area contributed by atoms with Crippen LogP contribution < -0.4 is 10.6 Å². The van der Waals surface area contributed by atoms with E-state index in [2.05, 4.69) is 20.6 Å². The van der Waals surface area contributed by atoms with Gasteiger partial charge in [0.05, 0.1) is 0 Å². The average molecular weight is 353 g/mol. The van der Waals surface area contributed by atoms with Crippen LogP contribution in [-0.4, -0.2) is 15.9 Å². The lowest BCUT2D eigenvalue weighted by Gasteiger charge is -2.11. The van der Waals surface area contributed by atoms with Crippen LogP contribution in [0.15, 0.2) is 54.9 Å². The topological polar surface area (TPSA) is 66.9 Å². The van der Waals surface area contributed by atoms with Crippen LogP contribution in [0.4, 0.5) is 17.2 Å². The maximum Gasteiger partial charge on any atom is 0.274 e. The number of benzene rings is 2. The van der Waals surface area contributed by atoms with Crippen molar-refractivity contribution in [3.63, 3.8) is 0 Å². The third-order valence-corrected chi connectivity index (χ3v) is 4.12. The first-order valence-electron chi connectivity index (χ1n) is 7.75. The Balaban J connectivity index is 1.79. The standard InChI is InChI=1S/C19H17ClN4O/c1-12-5-3-6-14(9-12)23-19(25)17-10-18(22-11-21-17)24-16-8-4-7-15(20)13(16)2/h3-11H,1-2H3,(H,23,25)(H,21,22,24). The van der Waals surface area contributed by atoms with Gasteiger partial charge in [0.1, 0.15) is 17.8 Å². The lowest BCUT2D eigenvalue weighted by atomic mass is 10.2. The molecule has 2 aromatic carbocycles. The van der Waals surface area contributed by atoms with Gasteiger partial charge in [-0.05, 0) is 49.2 Å². The van der Waals surface area contributed by atoms with Gasteiger partial charge in [0.2, 0.25) is 0 Å². The summed E-state index contributed by atoms with van der Waals surface area (Å²) in [5.74, 6) is 0.230. The number of halogens is 1. The van der Waals surface area contributed by atoms with Crippen molar-refractivity contribution in [2.75, 3.05) is 10.6 Å². The maximum absolute atomic E-state index is 12.4. The molecule has 2 N–H and O–H groups in total. The number of aryl methyl sites for hydroxylation is 1. The van der Waals surface area contributed by atoms with Gasteiger partial charge in [0, 0.05) is 22.5 Å². The van der Waals surface area contributed by atoms with Gasteiger partial charge in [-0.2, -0.15) is 0 Å². The van der Waals surface area contributed by atoms with Gasteiger partial charge in [0.25, 0.3) is 5.91 Å². The van der Waals surface area contributed by atoms with E-state index in [9.17, 15) is 4.79 Å². The number of amides is 1. The monoisotopic (exact) mass is 352 g/mol. The second-order valence-corrected chi connectivity index (χ2v) is 6.06. The summed E-state index contributed by atoms with van der Waals surface area (Å²) < 4.78 is 0. The van der Waals surface area contributed by atoms with Crippen LogP contribution in [0.5, 0.6) is 0 Å². The molecule has 0 radical (unpaired) electrons. The van der Waals surface area contributed by atoms with Crippen LogP contribution in [0.2, 0.25) is 5.02 Å². The van der Waals surface area contributed by atoms with E-state index in [4.69, 9.17) is 11.6 Å². The molecule has 1 aromatic heterocycles. The highest BCUT2D eigenvalue weighted by atomic mass is 35.5. The molecule has 5 nitrogen and oxygen atoms in total. The molecule has 0 aliphatic rings. The van der Waals surface area contributed by atoms with Gasteiger partial charge in [0.15, 0.2) is 0 Å². The molecule has 0 saturated carbocycles. The van der Waals surface area contributed by atoms with Crippen molar-refractivity contribution in [2.24, 2.45) is 0 Å². The highest BCUT2D eigenvalue weighted by molar-refractivity contribution is 6.31. The van der Waals surface area contributed by atoms with Crippen molar-refractivity contribution in [2.45, 2.75) is 13.8 Å². The van der Waals surface area contributed by atoms with Crippen LogP contribution in [0.1, 0.15) is 21.6 Å². The van der Waals surface area contributed by atoms with Gasteiger partial charge in [-0.25, -0.2) is 9.97 Å². The molecule has 0 atom stereocenters. The maximum atomic E-state index is 12.4. The second kappa shape index (κ2) is 7.32. The van der Waals surface area contributed by atoms with E-state index >= 15 is 0 Å². The van der Waals surface area contributed by atoms with Crippen molar-refractivity contribution in [3.05, 3.63) is 76.7 Å². The summed E-state index contributed by atoms with van der Waals surface area (Å²) in [6.45, 7) is 3.88. The van der Waals surface area contributed by atoms with Crippen LogP contribution >= 0.6 is 11.6 Å². The van der Waals surface area contributed by atoms with Crippen molar-refractivity contribution in [1.82, 2.24) is 9.97 Å². The number of nitrogens with one attached hydrogen (secondary N) is 2. The fraction of sp³-hybridized carbons (Fsp3) is 0.105. The molecule has 25 heavy (non-hydrogen) atoms. The van der Waals surface area contributed by atoms with Crippen LogP contribution in [0.3, 0.4) is 0 Å². The van der Waals surface area contributed by atoms with Gasteiger partial charge < -0.3 is 10.6 Å². The molecule has 0 aliphatic carbocycles. The Bertz CT molecular complexity index is 927. The Labute approximate surface area is 151 Å². The first kappa shape index (κ1) is 16.9. The largest absolute Gasteiger partial charge is 0.340 e. The fourth-order valence-electron chi connectivity index (χ4n) is 2.35. The van der Waals surface area contributed by atoms with Crippen molar-refractivity contribution >= 4 is 34.7 Å². The van der Waals surface area contributed by atoms with Crippen LogP contribution in [-0.2, 0) is 0 Å². The smallest absolute Gasteiger partial charge is 0.274 e. The summed E-state index contributed by atoms with van der Waals surface area (Å²) in [4.78, 5) is 20.6. The predicted molar refractivity (Wildman–Crippen MR) is 101 cm³/mol. The molecule has 0 aliphatic heterocycles. The molecular weight excluding hydrogens is 336 g/mol. The van der Waals surface area contributed by atoms with Gasteiger partial charge in [-0.1, -0.05) is 29.8 Å². The molecule has 0 bridgehead atoms. The van der Waals surface area contributed by atoms with E-state index < -0.39 is 0 Å². The first-order valence-corrected chi connectivity index (χ1v) is 8.13. The van der Waals surface area contributed by atoms with Gasteiger partial charge >= 0.3 is 0 Å². The van der Waals surface area contributed by atoms with Crippen molar-refractivity contribution in [3.8, 4) is 0 Å². The quantitative estimate of drug-likeness (QED) is 0.711. The van der Waals surface area contributed by atoms with Crippen molar-refractivity contribution < 1.29 is 4.79 Å². The summed E-state index contributed by atoms with van der Waals surface area (Å²) in [7, 11) is 0. The Morgan fingerprint density at radius 2 is 1.84 bits per heavy atom. The van der Waals surface area contributed by atoms with Crippen molar-refractivity contribution in [1.29, 1.82) is 0 Å².